The van der Waals surface area contributed by atoms with Crippen LogP contribution in [0.2, 0.25) is 0 Å². The number of esters is 1. The van der Waals surface area contributed by atoms with Crippen LogP contribution in [0.15, 0.2) is 71.8 Å². The number of carbonyl (C=O) groups excluding carboxylic acids is 1. The summed E-state index contributed by atoms with van der Waals surface area (Å²) in [4.78, 5) is 12.0. The van der Waals surface area contributed by atoms with Crippen LogP contribution in [0.4, 0.5) is 0 Å². The molecule has 0 spiro atoms. The lowest BCUT2D eigenvalue weighted by molar-refractivity contribution is -0.152. The van der Waals surface area contributed by atoms with Gasteiger partial charge in [0.1, 0.15) is 0 Å². The quantitative estimate of drug-likeness (QED) is 0.832. The van der Waals surface area contributed by atoms with Gasteiger partial charge in [-0.25, -0.2) is 4.79 Å². The third-order valence-corrected chi connectivity index (χ3v) is 4.18. The summed E-state index contributed by atoms with van der Waals surface area (Å²) in [6, 6.07) is 20.1. The molecule has 0 fully saturated rings. The molecule has 0 saturated heterocycles. The van der Waals surface area contributed by atoms with Crippen LogP contribution in [0.25, 0.3) is 0 Å². The SMILES string of the molecule is O=C1OC(O)C(CCc2ccccc2)=C1CCc1ccccc1. The van der Waals surface area contributed by atoms with Crippen LogP contribution < -0.4 is 0 Å². The average Bonchev–Trinajstić information content (AvgIpc) is 2.86. The Bertz CT molecular complexity index is 689. The summed E-state index contributed by atoms with van der Waals surface area (Å²) in [5, 5.41) is 10.0. The highest BCUT2D eigenvalue weighted by atomic mass is 16.6. The van der Waals surface area contributed by atoms with E-state index in [-0.39, 0.29) is 5.97 Å². The van der Waals surface area contributed by atoms with E-state index in [1.807, 2.05) is 60.7 Å². The highest BCUT2D eigenvalue weighted by Crippen LogP contribution is 2.28. The summed E-state index contributed by atoms with van der Waals surface area (Å²) >= 11 is 0. The van der Waals surface area contributed by atoms with Crippen molar-refractivity contribution >= 4 is 5.97 Å². The van der Waals surface area contributed by atoms with Crippen LogP contribution in [-0.2, 0) is 22.4 Å². The van der Waals surface area contributed by atoms with Gasteiger partial charge in [-0.2, -0.15) is 0 Å². The highest BCUT2D eigenvalue weighted by molar-refractivity contribution is 5.92. The van der Waals surface area contributed by atoms with Gasteiger partial charge in [-0.3, -0.25) is 0 Å². The molecule has 3 nitrogen and oxygen atoms in total. The molecule has 1 unspecified atom stereocenters. The van der Waals surface area contributed by atoms with Gasteiger partial charge >= 0.3 is 5.97 Å². The predicted molar refractivity (Wildman–Crippen MR) is 88.7 cm³/mol. The monoisotopic (exact) mass is 308 g/mol. The van der Waals surface area contributed by atoms with Gasteiger partial charge in [-0.1, -0.05) is 60.7 Å². The van der Waals surface area contributed by atoms with Crippen LogP contribution in [0.1, 0.15) is 24.0 Å². The van der Waals surface area contributed by atoms with Crippen LogP contribution in [0.3, 0.4) is 0 Å². The summed E-state index contributed by atoms with van der Waals surface area (Å²) in [6.45, 7) is 0. The van der Waals surface area contributed by atoms with E-state index >= 15 is 0 Å². The number of aliphatic hydroxyl groups excluding tert-OH is 1. The number of hydrogen-bond acceptors (Lipinski definition) is 3. The van der Waals surface area contributed by atoms with Crippen molar-refractivity contribution in [2.75, 3.05) is 0 Å². The molecule has 2 aromatic carbocycles. The fraction of sp³-hybridized carbons (Fsp3) is 0.250. The molecule has 0 aliphatic carbocycles. The molecule has 2 aromatic rings. The summed E-state index contributed by atoms with van der Waals surface area (Å²) in [5.74, 6) is -0.378. The second-order valence-electron chi connectivity index (χ2n) is 5.73. The Balaban J connectivity index is 1.70. The molecule has 3 rings (SSSR count). The van der Waals surface area contributed by atoms with E-state index in [0.717, 1.165) is 18.4 Å². The lowest BCUT2D eigenvalue weighted by Gasteiger charge is -2.08. The highest BCUT2D eigenvalue weighted by Gasteiger charge is 2.31. The summed E-state index contributed by atoms with van der Waals surface area (Å²) < 4.78 is 5.01. The van der Waals surface area contributed by atoms with Gasteiger partial charge in [0.15, 0.2) is 0 Å². The maximum atomic E-state index is 12.0. The molecule has 1 atom stereocenters. The minimum atomic E-state index is -1.09. The number of aliphatic hydroxyl groups is 1. The zero-order valence-corrected chi connectivity index (χ0v) is 12.9. The third kappa shape index (κ3) is 3.88. The Hall–Kier alpha value is -2.39. The minimum absolute atomic E-state index is 0.378. The molecule has 0 aromatic heterocycles. The van der Waals surface area contributed by atoms with E-state index in [4.69, 9.17) is 4.74 Å². The van der Waals surface area contributed by atoms with Crippen molar-refractivity contribution in [3.05, 3.63) is 82.9 Å². The van der Waals surface area contributed by atoms with E-state index in [1.165, 1.54) is 11.1 Å². The van der Waals surface area contributed by atoms with E-state index in [2.05, 4.69) is 0 Å². The molecule has 1 N–H and O–H groups in total. The fourth-order valence-corrected chi connectivity index (χ4v) is 2.90. The van der Waals surface area contributed by atoms with Crippen LogP contribution >= 0.6 is 0 Å². The number of hydrogen-bond donors (Lipinski definition) is 1. The van der Waals surface area contributed by atoms with Crippen molar-refractivity contribution in [3.63, 3.8) is 0 Å². The van der Waals surface area contributed by atoms with Gasteiger partial charge in [0, 0.05) is 11.1 Å². The normalized spacial score (nSPS) is 17.4. The lowest BCUT2D eigenvalue weighted by Crippen LogP contribution is -2.10. The van der Waals surface area contributed by atoms with Crippen molar-refractivity contribution in [1.82, 2.24) is 0 Å². The number of aryl methyl sites for hydroxylation is 2. The van der Waals surface area contributed by atoms with Crippen LogP contribution in [0.5, 0.6) is 0 Å². The van der Waals surface area contributed by atoms with Gasteiger partial charge < -0.3 is 9.84 Å². The van der Waals surface area contributed by atoms with E-state index in [0.29, 0.717) is 18.4 Å². The first-order valence-electron chi connectivity index (χ1n) is 7.93. The molecule has 0 radical (unpaired) electrons. The predicted octanol–water partition coefficient (Wildman–Crippen LogP) is 3.42. The molecule has 0 amide bonds. The number of benzene rings is 2. The Morgan fingerprint density at radius 1 is 0.783 bits per heavy atom. The van der Waals surface area contributed by atoms with E-state index in [9.17, 15) is 9.90 Å². The second kappa shape index (κ2) is 7.25. The third-order valence-electron chi connectivity index (χ3n) is 4.18. The Labute approximate surface area is 136 Å². The summed E-state index contributed by atoms with van der Waals surface area (Å²) in [7, 11) is 0. The first-order chi connectivity index (χ1) is 11.2. The minimum Gasteiger partial charge on any atom is -0.428 e. The van der Waals surface area contributed by atoms with Crippen molar-refractivity contribution in [2.24, 2.45) is 0 Å². The number of cyclic esters (lactones) is 1. The maximum absolute atomic E-state index is 12.0. The van der Waals surface area contributed by atoms with Crippen molar-refractivity contribution < 1.29 is 14.6 Å². The van der Waals surface area contributed by atoms with Crippen LogP contribution in [0, 0.1) is 0 Å². The number of carbonyl (C=O) groups is 1. The molecule has 1 heterocycles. The zero-order chi connectivity index (χ0) is 16.1. The van der Waals surface area contributed by atoms with Gasteiger partial charge in [0.25, 0.3) is 0 Å². The average molecular weight is 308 g/mol. The molecule has 3 heteroatoms. The van der Waals surface area contributed by atoms with Crippen molar-refractivity contribution in [1.29, 1.82) is 0 Å². The molecule has 118 valence electrons. The van der Waals surface area contributed by atoms with E-state index in [1.54, 1.807) is 0 Å². The van der Waals surface area contributed by atoms with Gasteiger partial charge in [0.2, 0.25) is 6.29 Å². The molecule has 1 aliphatic heterocycles. The lowest BCUT2D eigenvalue weighted by atomic mass is 9.97. The maximum Gasteiger partial charge on any atom is 0.336 e. The Morgan fingerprint density at radius 2 is 1.30 bits per heavy atom. The van der Waals surface area contributed by atoms with Crippen LogP contribution in [-0.4, -0.2) is 17.4 Å². The summed E-state index contributed by atoms with van der Waals surface area (Å²) in [5.41, 5.74) is 3.73. The first-order valence-corrected chi connectivity index (χ1v) is 7.93. The molecular formula is C20H20O3. The molecule has 0 saturated carbocycles. The molecule has 0 bridgehead atoms. The smallest absolute Gasteiger partial charge is 0.336 e. The molecule has 23 heavy (non-hydrogen) atoms. The summed E-state index contributed by atoms with van der Waals surface area (Å²) in [6.07, 6.45) is 1.72. The number of ether oxygens (including phenoxy) is 1. The first kappa shape index (κ1) is 15.5. The fourth-order valence-electron chi connectivity index (χ4n) is 2.90. The van der Waals surface area contributed by atoms with Crippen molar-refractivity contribution in [3.8, 4) is 0 Å². The molecule has 1 aliphatic rings. The van der Waals surface area contributed by atoms with Crippen molar-refractivity contribution in [2.45, 2.75) is 32.0 Å². The molecular weight excluding hydrogens is 288 g/mol. The largest absolute Gasteiger partial charge is 0.428 e. The van der Waals surface area contributed by atoms with Gasteiger partial charge in [-0.15, -0.1) is 0 Å². The Kier molecular flexibility index (Phi) is 4.89. The van der Waals surface area contributed by atoms with Gasteiger partial charge in [0.05, 0.1) is 0 Å². The second-order valence-corrected chi connectivity index (χ2v) is 5.73. The van der Waals surface area contributed by atoms with E-state index < -0.39 is 6.29 Å². The standard InChI is InChI=1S/C20H20O3/c21-19-17(13-11-15-7-3-1-4-8-15)18(20(22)23-19)14-12-16-9-5-2-6-10-16/h1-10,19,21H,11-14H2. The van der Waals surface area contributed by atoms with Gasteiger partial charge in [-0.05, 0) is 36.8 Å². The zero-order valence-electron chi connectivity index (χ0n) is 12.9. The topological polar surface area (TPSA) is 46.5 Å². The Morgan fingerprint density at radius 3 is 1.87 bits per heavy atom. The number of rotatable bonds is 6.